The van der Waals surface area contributed by atoms with Gasteiger partial charge in [-0.3, -0.25) is 4.98 Å². The van der Waals surface area contributed by atoms with Gasteiger partial charge >= 0.3 is 0 Å². The van der Waals surface area contributed by atoms with Crippen molar-refractivity contribution in [3.8, 4) is 11.5 Å². The lowest BCUT2D eigenvalue weighted by molar-refractivity contribution is 0.371. The monoisotopic (exact) mass is 272 g/mol. The van der Waals surface area contributed by atoms with E-state index in [4.69, 9.17) is 4.74 Å². The molecule has 0 saturated carbocycles. The van der Waals surface area contributed by atoms with Crippen LogP contribution in [-0.2, 0) is 0 Å². The minimum absolute atomic E-state index is 0.139. The van der Waals surface area contributed by atoms with Gasteiger partial charge in [-0.05, 0) is 43.2 Å². The van der Waals surface area contributed by atoms with Crippen LogP contribution in [0, 0.1) is 0 Å². The van der Waals surface area contributed by atoms with E-state index < -0.39 is 0 Å². The van der Waals surface area contributed by atoms with Gasteiger partial charge in [0.15, 0.2) is 11.5 Å². The van der Waals surface area contributed by atoms with Crippen molar-refractivity contribution < 1.29 is 9.84 Å². The molecule has 4 heteroatoms. The van der Waals surface area contributed by atoms with Crippen molar-refractivity contribution in [1.29, 1.82) is 0 Å². The van der Waals surface area contributed by atoms with E-state index in [1.165, 1.54) is 0 Å². The topological polar surface area (TPSA) is 54.4 Å². The number of nitrogens with one attached hydrogen (secondary N) is 1. The summed E-state index contributed by atoms with van der Waals surface area (Å²) in [6, 6.07) is 9.71. The summed E-state index contributed by atoms with van der Waals surface area (Å²) in [4.78, 5) is 4.13. The fourth-order valence-electron chi connectivity index (χ4n) is 2.16. The second-order valence-electron chi connectivity index (χ2n) is 4.83. The molecule has 1 heterocycles. The highest BCUT2D eigenvalue weighted by Gasteiger charge is 2.13. The number of methoxy groups -OCH3 is 1. The number of benzene rings is 1. The van der Waals surface area contributed by atoms with Crippen LogP contribution in [0.4, 0.5) is 0 Å². The minimum atomic E-state index is 0.139. The number of hydrogen-bond donors (Lipinski definition) is 2. The molecular formula is C16H20N2O2. The highest BCUT2D eigenvalue weighted by Crippen LogP contribution is 2.29. The van der Waals surface area contributed by atoms with E-state index in [9.17, 15) is 5.11 Å². The zero-order valence-corrected chi connectivity index (χ0v) is 12.0. The number of phenols is 1. The molecule has 2 rings (SSSR count). The molecule has 2 unspecified atom stereocenters. The van der Waals surface area contributed by atoms with Gasteiger partial charge in [-0.25, -0.2) is 0 Å². The van der Waals surface area contributed by atoms with Crippen LogP contribution in [0.15, 0.2) is 42.7 Å². The molecule has 0 amide bonds. The molecule has 0 aliphatic carbocycles. The van der Waals surface area contributed by atoms with Gasteiger partial charge in [0, 0.05) is 24.5 Å². The van der Waals surface area contributed by atoms with Crippen molar-refractivity contribution in [2.75, 3.05) is 7.11 Å². The lowest BCUT2D eigenvalue weighted by atomic mass is 10.0. The molecule has 0 radical (unpaired) electrons. The van der Waals surface area contributed by atoms with Crippen LogP contribution in [0.3, 0.4) is 0 Å². The SMILES string of the molecule is COc1cc(C(C)NC(C)c2cccnc2)ccc1O. The van der Waals surface area contributed by atoms with Gasteiger partial charge in [0.25, 0.3) is 0 Å². The summed E-state index contributed by atoms with van der Waals surface area (Å²) < 4.78 is 5.14. The standard InChI is InChI=1S/C16H20N2O2/c1-11(13-6-7-15(19)16(9-13)20-3)18-12(2)14-5-4-8-17-10-14/h4-12,18-19H,1-3H3. The Bertz CT molecular complexity index is 558. The van der Waals surface area contributed by atoms with Gasteiger partial charge in [-0.2, -0.15) is 0 Å². The molecule has 0 saturated heterocycles. The first-order valence-corrected chi connectivity index (χ1v) is 6.64. The zero-order valence-electron chi connectivity index (χ0n) is 12.0. The first-order chi connectivity index (χ1) is 9.61. The first kappa shape index (κ1) is 14.3. The quantitative estimate of drug-likeness (QED) is 0.877. The van der Waals surface area contributed by atoms with E-state index in [1.54, 1.807) is 19.4 Å². The largest absolute Gasteiger partial charge is 0.504 e. The Morgan fingerprint density at radius 2 is 1.90 bits per heavy atom. The second kappa shape index (κ2) is 6.39. The van der Waals surface area contributed by atoms with Crippen molar-refractivity contribution in [2.45, 2.75) is 25.9 Å². The van der Waals surface area contributed by atoms with E-state index in [-0.39, 0.29) is 17.8 Å². The fourth-order valence-corrected chi connectivity index (χ4v) is 2.16. The van der Waals surface area contributed by atoms with Crippen molar-refractivity contribution in [3.05, 3.63) is 53.9 Å². The Kier molecular flexibility index (Phi) is 4.58. The van der Waals surface area contributed by atoms with E-state index in [0.29, 0.717) is 5.75 Å². The normalized spacial score (nSPS) is 13.8. The van der Waals surface area contributed by atoms with Crippen LogP contribution < -0.4 is 10.1 Å². The van der Waals surface area contributed by atoms with Gasteiger partial charge in [0.05, 0.1) is 7.11 Å². The number of hydrogen-bond acceptors (Lipinski definition) is 4. The Hall–Kier alpha value is -2.07. The number of rotatable bonds is 5. The maximum absolute atomic E-state index is 9.62. The summed E-state index contributed by atoms with van der Waals surface area (Å²) >= 11 is 0. The highest BCUT2D eigenvalue weighted by molar-refractivity contribution is 5.42. The lowest BCUT2D eigenvalue weighted by Gasteiger charge is -2.21. The molecule has 0 aliphatic rings. The Labute approximate surface area is 119 Å². The van der Waals surface area contributed by atoms with Gasteiger partial charge in [-0.15, -0.1) is 0 Å². The van der Waals surface area contributed by atoms with Crippen LogP contribution in [0.25, 0.3) is 0 Å². The molecule has 0 aliphatic heterocycles. The third-order valence-electron chi connectivity index (χ3n) is 3.39. The highest BCUT2D eigenvalue weighted by atomic mass is 16.5. The fraction of sp³-hybridized carbons (Fsp3) is 0.312. The summed E-state index contributed by atoms with van der Waals surface area (Å²) in [5.41, 5.74) is 2.21. The average Bonchev–Trinajstić information content (AvgIpc) is 2.48. The molecule has 2 aromatic rings. The van der Waals surface area contributed by atoms with E-state index in [2.05, 4.69) is 30.2 Å². The number of pyridine rings is 1. The minimum Gasteiger partial charge on any atom is -0.504 e. The van der Waals surface area contributed by atoms with Crippen LogP contribution in [0.1, 0.15) is 37.1 Å². The molecule has 1 aromatic heterocycles. The summed E-state index contributed by atoms with van der Waals surface area (Å²) in [6.45, 7) is 4.18. The van der Waals surface area contributed by atoms with Crippen LogP contribution in [0.2, 0.25) is 0 Å². The number of phenolic OH excluding ortho intramolecular Hbond substituents is 1. The molecular weight excluding hydrogens is 252 g/mol. The van der Waals surface area contributed by atoms with Gasteiger partial charge < -0.3 is 15.2 Å². The third kappa shape index (κ3) is 3.27. The molecule has 1 aromatic carbocycles. The summed E-state index contributed by atoms with van der Waals surface area (Å²) in [6.07, 6.45) is 3.63. The molecule has 20 heavy (non-hydrogen) atoms. The van der Waals surface area contributed by atoms with Crippen LogP contribution >= 0.6 is 0 Å². The van der Waals surface area contributed by atoms with Crippen molar-refractivity contribution in [2.24, 2.45) is 0 Å². The average molecular weight is 272 g/mol. The predicted octanol–water partition coefficient (Wildman–Crippen LogP) is 3.21. The summed E-state index contributed by atoms with van der Waals surface area (Å²) in [7, 11) is 1.55. The molecule has 0 fully saturated rings. The number of nitrogens with zero attached hydrogens (tertiary/aromatic N) is 1. The van der Waals surface area contributed by atoms with E-state index in [0.717, 1.165) is 11.1 Å². The Balaban J connectivity index is 2.10. The predicted molar refractivity (Wildman–Crippen MR) is 78.9 cm³/mol. The molecule has 0 spiro atoms. The Morgan fingerprint density at radius 3 is 2.55 bits per heavy atom. The third-order valence-corrected chi connectivity index (χ3v) is 3.39. The maximum Gasteiger partial charge on any atom is 0.160 e. The summed E-state index contributed by atoms with van der Waals surface area (Å²) in [5.74, 6) is 0.647. The van der Waals surface area contributed by atoms with E-state index >= 15 is 0 Å². The molecule has 2 N–H and O–H groups in total. The summed E-state index contributed by atoms with van der Waals surface area (Å²) in [5, 5.41) is 13.1. The van der Waals surface area contributed by atoms with Crippen molar-refractivity contribution in [1.82, 2.24) is 10.3 Å². The lowest BCUT2D eigenvalue weighted by Crippen LogP contribution is -2.22. The molecule has 2 atom stereocenters. The van der Waals surface area contributed by atoms with Gasteiger partial charge in [0.2, 0.25) is 0 Å². The van der Waals surface area contributed by atoms with Crippen LogP contribution in [-0.4, -0.2) is 17.2 Å². The number of aromatic hydroxyl groups is 1. The molecule has 106 valence electrons. The van der Waals surface area contributed by atoms with Gasteiger partial charge in [-0.1, -0.05) is 12.1 Å². The molecule has 4 nitrogen and oxygen atoms in total. The number of aromatic nitrogens is 1. The maximum atomic E-state index is 9.62. The van der Waals surface area contributed by atoms with Crippen molar-refractivity contribution >= 4 is 0 Å². The van der Waals surface area contributed by atoms with Gasteiger partial charge in [0.1, 0.15) is 0 Å². The number of ether oxygens (including phenoxy) is 1. The van der Waals surface area contributed by atoms with E-state index in [1.807, 2.05) is 24.4 Å². The zero-order chi connectivity index (χ0) is 14.5. The molecule has 0 bridgehead atoms. The first-order valence-electron chi connectivity index (χ1n) is 6.64. The van der Waals surface area contributed by atoms with Crippen molar-refractivity contribution in [3.63, 3.8) is 0 Å². The Morgan fingerprint density at radius 1 is 1.15 bits per heavy atom. The smallest absolute Gasteiger partial charge is 0.160 e. The van der Waals surface area contributed by atoms with Crippen LogP contribution in [0.5, 0.6) is 11.5 Å². The second-order valence-corrected chi connectivity index (χ2v) is 4.83.